The van der Waals surface area contributed by atoms with Crippen LogP contribution in [0, 0.1) is 5.82 Å². The molecule has 3 nitrogen and oxygen atoms in total. The van der Waals surface area contributed by atoms with Crippen molar-refractivity contribution < 1.29 is 13.9 Å². The third-order valence-corrected chi connectivity index (χ3v) is 2.97. The van der Waals surface area contributed by atoms with Crippen molar-refractivity contribution >= 4 is 29.5 Å². The van der Waals surface area contributed by atoms with Crippen molar-refractivity contribution in [3.05, 3.63) is 64.4 Å². The topological polar surface area (TPSA) is 38.7 Å². The largest absolute Gasteiger partial charge is 0.462 e. The summed E-state index contributed by atoms with van der Waals surface area (Å²) < 4.78 is 17.9. The number of aliphatic imine (C=N–C) groups is 1. The summed E-state index contributed by atoms with van der Waals surface area (Å²) in [4.78, 5) is 15.7. The highest BCUT2D eigenvalue weighted by Gasteiger charge is 2.05. The van der Waals surface area contributed by atoms with Crippen molar-refractivity contribution in [2.45, 2.75) is 6.92 Å². The molecule has 2 rings (SSSR count). The first-order chi connectivity index (χ1) is 10.1. The van der Waals surface area contributed by atoms with Gasteiger partial charge in [0.05, 0.1) is 22.9 Å². The Morgan fingerprint density at radius 1 is 1.29 bits per heavy atom. The fourth-order valence-electron chi connectivity index (χ4n) is 1.64. The zero-order valence-electron chi connectivity index (χ0n) is 11.3. The van der Waals surface area contributed by atoms with E-state index in [0.29, 0.717) is 23.4 Å². The van der Waals surface area contributed by atoms with Crippen LogP contribution in [0.25, 0.3) is 0 Å². The van der Waals surface area contributed by atoms with Gasteiger partial charge in [0.1, 0.15) is 5.82 Å². The van der Waals surface area contributed by atoms with E-state index >= 15 is 0 Å². The zero-order chi connectivity index (χ0) is 15.2. The Labute approximate surface area is 127 Å². The molecular formula is C16H13ClFNO2. The van der Waals surface area contributed by atoms with Crippen LogP contribution in [-0.2, 0) is 4.74 Å². The minimum atomic E-state index is -0.465. The van der Waals surface area contributed by atoms with E-state index in [-0.39, 0.29) is 11.0 Å². The summed E-state index contributed by atoms with van der Waals surface area (Å²) in [5.74, 6) is -0.828. The number of nitrogens with zero attached hydrogens (tertiary/aromatic N) is 1. The van der Waals surface area contributed by atoms with Crippen LogP contribution in [0.15, 0.2) is 47.5 Å². The molecule has 0 saturated heterocycles. The predicted molar refractivity (Wildman–Crippen MR) is 81.1 cm³/mol. The van der Waals surface area contributed by atoms with Gasteiger partial charge in [0.25, 0.3) is 0 Å². The molecule has 0 atom stereocenters. The van der Waals surface area contributed by atoms with Gasteiger partial charge in [-0.05, 0) is 48.9 Å². The lowest BCUT2D eigenvalue weighted by Gasteiger charge is -2.01. The Hall–Kier alpha value is -2.20. The minimum absolute atomic E-state index is 0.0524. The number of halogens is 2. The maximum absolute atomic E-state index is 13.0. The van der Waals surface area contributed by atoms with Crippen LogP contribution in [0.5, 0.6) is 0 Å². The van der Waals surface area contributed by atoms with Crippen molar-refractivity contribution in [3.63, 3.8) is 0 Å². The Balaban J connectivity index is 2.10. The molecule has 0 saturated carbocycles. The fraction of sp³-hybridized carbons (Fsp3) is 0.125. The molecule has 0 heterocycles. The third-order valence-electron chi connectivity index (χ3n) is 2.68. The summed E-state index contributed by atoms with van der Waals surface area (Å²) in [7, 11) is 0. The Kier molecular flexibility index (Phi) is 5.06. The summed E-state index contributed by atoms with van der Waals surface area (Å²) in [5, 5.41) is 0.0524. The fourth-order valence-corrected chi connectivity index (χ4v) is 1.83. The molecule has 0 aromatic heterocycles. The smallest absolute Gasteiger partial charge is 0.338 e. The van der Waals surface area contributed by atoms with Gasteiger partial charge in [0.15, 0.2) is 0 Å². The van der Waals surface area contributed by atoms with Crippen molar-refractivity contribution in [3.8, 4) is 0 Å². The van der Waals surface area contributed by atoms with E-state index in [2.05, 4.69) is 4.99 Å². The molecule has 5 heteroatoms. The Morgan fingerprint density at radius 3 is 2.62 bits per heavy atom. The van der Waals surface area contributed by atoms with Crippen molar-refractivity contribution in [1.82, 2.24) is 0 Å². The molecule has 0 spiro atoms. The molecule has 2 aromatic carbocycles. The molecule has 0 radical (unpaired) electrons. The first-order valence-electron chi connectivity index (χ1n) is 6.36. The molecule has 0 aliphatic heterocycles. The van der Waals surface area contributed by atoms with Gasteiger partial charge in [-0.1, -0.05) is 17.7 Å². The summed E-state index contributed by atoms with van der Waals surface area (Å²) >= 11 is 5.69. The van der Waals surface area contributed by atoms with Crippen LogP contribution in [0.1, 0.15) is 22.8 Å². The lowest BCUT2D eigenvalue weighted by molar-refractivity contribution is 0.0526. The summed E-state index contributed by atoms with van der Waals surface area (Å²) in [6.07, 6.45) is 1.57. The maximum Gasteiger partial charge on any atom is 0.338 e. The molecule has 0 amide bonds. The number of carbonyl (C=O) groups excluding carboxylic acids is 1. The standard InChI is InChI=1S/C16H13ClFNO2/c1-2-21-16(20)12-4-6-13(7-5-12)19-10-11-3-8-15(18)14(17)9-11/h3-10H,2H2,1H3/b19-10+. The molecule has 0 unspecified atom stereocenters. The van der Waals surface area contributed by atoms with Crippen LogP contribution < -0.4 is 0 Å². The van der Waals surface area contributed by atoms with Gasteiger partial charge in [0.2, 0.25) is 0 Å². The zero-order valence-corrected chi connectivity index (χ0v) is 12.1. The highest BCUT2D eigenvalue weighted by atomic mass is 35.5. The highest BCUT2D eigenvalue weighted by Crippen LogP contribution is 2.17. The van der Waals surface area contributed by atoms with E-state index in [0.717, 1.165) is 0 Å². The highest BCUT2D eigenvalue weighted by molar-refractivity contribution is 6.31. The van der Waals surface area contributed by atoms with E-state index in [1.54, 1.807) is 43.5 Å². The number of hydrogen-bond donors (Lipinski definition) is 0. The van der Waals surface area contributed by atoms with Gasteiger partial charge < -0.3 is 4.74 Å². The van der Waals surface area contributed by atoms with Crippen LogP contribution >= 0.6 is 11.6 Å². The van der Waals surface area contributed by atoms with Crippen LogP contribution in [0.4, 0.5) is 10.1 Å². The third kappa shape index (κ3) is 4.13. The Morgan fingerprint density at radius 2 is 2.00 bits per heavy atom. The molecule has 21 heavy (non-hydrogen) atoms. The van der Waals surface area contributed by atoms with Crippen LogP contribution in [-0.4, -0.2) is 18.8 Å². The number of rotatable bonds is 4. The number of ether oxygens (including phenoxy) is 1. The van der Waals surface area contributed by atoms with Gasteiger partial charge in [-0.3, -0.25) is 4.99 Å². The van der Waals surface area contributed by atoms with E-state index in [1.165, 1.54) is 12.1 Å². The lowest BCUT2D eigenvalue weighted by Crippen LogP contribution is -2.03. The van der Waals surface area contributed by atoms with Gasteiger partial charge >= 0.3 is 5.97 Å². The quantitative estimate of drug-likeness (QED) is 0.620. The Bertz CT molecular complexity index is 668. The van der Waals surface area contributed by atoms with E-state index in [4.69, 9.17) is 16.3 Å². The van der Waals surface area contributed by atoms with E-state index < -0.39 is 5.82 Å². The second-order valence-corrected chi connectivity index (χ2v) is 4.61. The average Bonchev–Trinajstić information content (AvgIpc) is 2.49. The SMILES string of the molecule is CCOC(=O)c1ccc(/N=C/c2ccc(F)c(Cl)c2)cc1. The molecule has 2 aromatic rings. The summed E-state index contributed by atoms with van der Waals surface area (Å²) in [5.41, 5.74) is 1.83. The van der Waals surface area contributed by atoms with Crippen molar-refractivity contribution in [1.29, 1.82) is 0 Å². The second-order valence-electron chi connectivity index (χ2n) is 4.20. The lowest BCUT2D eigenvalue weighted by atomic mass is 10.2. The first kappa shape index (κ1) is 15.2. The summed E-state index contributed by atoms with van der Waals surface area (Å²) in [6.45, 7) is 2.09. The molecule has 0 fully saturated rings. The molecule has 0 aliphatic carbocycles. The second kappa shape index (κ2) is 6.99. The number of hydrogen-bond acceptors (Lipinski definition) is 3. The molecular weight excluding hydrogens is 293 g/mol. The van der Waals surface area contributed by atoms with Crippen LogP contribution in [0.2, 0.25) is 5.02 Å². The van der Waals surface area contributed by atoms with Crippen LogP contribution in [0.3, 0.4) is 0 Å². The number of benzene rings is 2. The van der Waals surface area contributed by atoms with Crippen molar-refractivity contribution in [2.24, 2.45) is 4.99 Å². The molecule has 0 N–H and O–H groups in total. The van der Waals surface area contributed by atoms with Gasteiger partial charge in [-0.25, -0.2) is 9.18 Å². The first-order valence-corrected chi connectivity index (χ1v) is 6.74. The van der Waals surface area contributed by atoms with Crippen molar-refractivity contribution in [2.75, 3.05) is 6.61 Å². The molecule has 0 aliphatic rings. The summed E-state index contributed by atoms with van der Waals surface area (Å²) in [6, 6.07) is 11.0. The van der Waals surface area contributed by atoms with Gasteiger partial charge in [0, 0.05) is 6.21 Å². The van der Waals surface area contributed by atoms with E-state index in [9.17, 15) is 9.18 Å². The number of carbonyl (C=O) groups is 1. The molecule has 108 valence electrons. The normalized spacial score (nSPS) is 10.8. The average molecular weight is 306 g/mol. The number of esters is 1. The predicted octanol–water partition coefficient (Wildman–Crippen LogP) is 4.41. The minimum Gasteiger partial charge on any atom is -0.462 e. The van der Waals surface area contributed by atoms with E-state index in [1.807, 2.05) is 0 Å². The molecule has 0 bridgehead atoms. The van der Waals surface area contributed by atoms with Gasteiger partial charge in [-0.15, -0.1) is 0 Å². The van der Waals surface area contributed by atoms with Gasteiger partial charge in [-0.2, -0.15) is 0 Å². The maximum atomic E-state index is 13.0. The monoisotopic (exact) mass is 305 g/mol.